The molecule has 0 aliphatic rings. The summed E-state index contributed by atoms with van der Waals surface area (Å²) in [5, 5.41) is 23.0. The number of carboxylic acids is 1. The van der Waals surface area contributed by atoms with E-state index in [0.29, 0.717) is 11.3 Å². The topological polar surface area (TPSA) is 92.5 Å². The maximum absolute atomic E-state index is 11.0. The van der Waals surface area contributed by atoms with Gasteiger partial charge >= 0.3 is 5.97 Å². The first-order chi connectivity index (χ1) is 9.49. The minimum Gasteiger partial charge on any atom is -0.478 e. The Balaban J connectivity index is 2.51. The Morgan fingerprint density at radius 3 is 2.45 bits per heavy atom. The zero-order valence-corrected chi connectivity index (χ0v) is 10.7. The highest BCUT2D eigenvalue weighted by atomic mass is 16.6. The molecule has 0 saturated carbocycles. The van der Waals surface area contributed by atoms with Crippen LogP contribution in [0.25, 0.3) is 0 Å². The van der Waals surface area contributed by atoms with E-state index in [2.05, 4.69) is 5.32 Å². The second-order valence-electron chi connectivity index (χ2n) is 4.22. The summed E-state index contributed by atoms with van der Waals surface area (Å²) in [5.41, 5.74) is 1.18. The maximum Gasteiger partial charge on any atom is 0.336 e. The van der Waals surface area contributed by atoms with Crippen LogP contribution in [0.1, 0.15) is 15.9 Å². The van der Waals surface area contributed by atoms with Crippen molar-refractivity contribution in [1.29, 1.82) is 0 Å². The third-order valence-electron chi connectivity index (χ3n) is 2.88. The minimum atomic E-state index is -1.20. The van der Waals surface area contributed by atoms with Crippen molar-refractivity contribution in [2.45, 2.75) is 6.92 Å². The third-order valence-corrected chi connectivity index (χ3v) is 2.88. The molecule has 20 heavy (non-hydrogen) atoms. The minimum absolute atomic E-state index is 0.124. The molecule has 0 amide bonds. The number of carbonyl (C=O) groups is 1. The second-order valence-corrected chi connectivity index (χ2v) is 4.22. The summed E-state index contributed by atoms with van der Waals surface area (Å²) >= 11 is 0. The molecule has 2 aromatic carbocycles. The molecule has 2 N–H and O–H groups in total. The number of hydrogen-bond donors (Lipinski definition) is 2. The number of nitrogens with one attached hydrogen (secondary N) is 1. The van der Waals surface area contributed by atoms with Gasteiger partial charge in [-0.25, -0.2) is 4.79 Å². The summed E-state index contributed by atoms with van der Waals surface area (Å²) in [7, 11) is 0. The molecule has 0 bridgehead atoms. The number of rotatable bonds is 4. The van der Waals surface area contributed by atoms with Crippen molar-refractivity contribution in [1.82, 2.24) is 0 Å². The van der Waals surface area contributed by atoms with Crippen LogP contribution in [0.3, 0.4) is 0 Å². The van der Waals surface area contributed by atoms with E-state index in [0.717, 1.165) is 11.8 Å². The van der Waals surface area contributed by atoms with Gasteiger partial charge in [-0.2, -0.15) is 0 Å². The average molecular weight is 272 g/mol. The van der Waals surface area contributed by atoms with Crippen molar-refractivity contribution < 1.29 is 14.8 Å². The number of anilines is 2. The molecule has 6 heteroatoms. The number of benzene rings is 2. The largest absolute Gasteiger partial charge is 0.478 e. The van der Waals surface area contributed by atoms with E-state index in [1.165, 1.54) is 6.07 Å². The lowest BCUT2D eigenvalue weighted by Crippen LogP contribution is -2.03. The number of para-hydroxylation sites is 1. The van der Waals surface area contributed by atoms with Gasteiger partial charge in [-0.1, -0.05) is 18.2 Å². The molecule has 102 valence electrons. The van der Waals surface area contributed by atoms with E-state index in [1.807, 2.05) is 18.2 Å². The van der Waals surface area contributed by atoms with Crippen molar-refractivity contribution in [2.24, 2.45) is 0 Å². The molecule has 0 aromatic heterocycles. The van der Waals surface area contributed by atoms with Crippen molar-refractivity contribution >= 4 is 23.0 Å². The Morgan fingerprint density at radius 2 is 1.90 bits per heavy atom. The lowest BCUT2D eigenvalue weighted by atomic mass is 10.1. The Hall–Kier alpha value is -2.89. The smallest absolute Gasteiger partial charge is 0.336 e. The predicted octanol–water partition coefficient (Wildman–Crippen LogP) is 3.35. The average Bonchev–Trinajstić information content (AvgIpc) is 2.41. The summed E-state index contributed by atoms with van der Waals surface area (Å²) in [6.45, 7) is 1.58. The predicted molar refractivity (Wildman–Crippen MR) is 74.5 cm³/mol. The molecule has 0 heterocycles. The van der Waals surface area contributed by atoms with Crippen molar-refractivity contribution in [2.75, 3.05) is 5.32 Å². The molecule has 0 radical (unpaired) electrons. The summed E-state index contributed by atoms with van der Waals surface area (Å²) in [6.07, 6.45) is 0. The summed E-state index contributed by atoms with van der Waals surface area (Å²) in [6, 6.07) is 11.5. The first-order valence-corrected chi connectivity index (χ1v) is 5.83. The molecular formula is C14H12N2O4. The highest BCUT2D eigenvalue weighted by Gasteiger charge is 2.19. The van der Waals surface area contributed by atoms with Gasteiger partial charge in [0.2, 0.25) is 0 Å². The van der Waals surface area contributed by atoms with Gasteiger partial charge in [0.05, 0.1) is 16.1 Å². The SMILES string of the molecule is Cc1c(Nc2ccccc2)cc(C(=O)O)cc1[N+](=O)[O-]. The molecular weight excluding hydrogens is 260 g/mol. The monoisotopic (exact) mass is 272 g/mol. The van der Waals surface area contributed by atoms with Gasteiger partial charge in [-0.15, -0.1) is 0 Å². The quantitative estimate of drug-likeness (QED) is 0.657. The Kier molecular flexibility index (Phi) is 3.65. The zero-order valence-electron chi connectivity index (χ0n) is 10.7. The summed E-state index contributed by atoms with van der Waals surface area (Å²) in [5.74, 6) is -1.20. The highest BCUT2D eigenvalue weighted by molar-refractivity contribution is 5.91. The van der Waals surface area contributed by atoms with Crippen molar-refractivity contribution in [3.05, 3.63) is 63.7 Å². The van der Waals surface area contributed by atoms with E-state index >= 15 is 0 Å². The number of aromatic carboxylic acids is 1. The van der Waals surface area contributed by atoms with E-state index in [-0.39, 0.29) is 11.3 Å². The summed E-state index contributed by atoms with van der Waals surface area (Å²) < 4.78 is 0. The van der Waals surface area contributed by atoms with Crippen LogP contribution in [0.4, 0.5) is 17.1 Å². The van der Waals surface area contributed by atoms with Crippen LogP contribution in [0.2, 0.25) is 0 Å². The molecule has 2 aromatic rings. The first-order valence-electron chi connectivity index (χ1n) is 5.83. The fourth-order valence-corrected chi connectivity index (χ4v) is 1.82. The number of nitro benzene ring substituents is 1. The Labute approximate surface area is 114 Å². The number of carboxylic acid groups (broad SMARTS) is 1. The van der Waals surface area contributed by atoms with E-state index in [4.69, 9.17) is 5.11 Å². The first kappa shape index (κ1) is 13.5. The number of nitrogens with zero attached hydrogens (tertiary/aromatic N) is 1. The van der Waals surface area contributed by atoms with Gasteiger partial charge in [0.15, 0.2) is 0 Å². The second kappa shape index (κ2) is 5.40. The fraction of sp³-hybridized carbons (Fsp3) is 0.0714. The molecule has 0 saturated heterocycles. The lowest BCUT2D eigenvalue weighted by Gasteiger charge is -2.11. The summed E-state index contributed by atoms with van der Waals surface area (Å²) in [4.78, 5) is 21.4. The zero-order chi connectivity index (χ0) is 14.7. The Bertz CT molecular complexity index is 668. The van der Waals surface area contributed by atoms with Crippen molar-refractivity contribution in [3.8, 4) is 0 Å². The normalized spacial score (nSPS) is 10.1. The Morgan fingerprint density at radius 1 is 1.25 bits per heavy atom. The molecule has 6 nitrogen and oxygen atoms in total. The fourth-order valence-electron chi connectivity index (χ4n) is 1.82. The van der Waals surface area contributed by atoms with Crippen LogP contribution in [0, 0.1) is 17.0 Å². The van der Waals surface area contributed by atoms with Gasteiger partial charge in [-0.05, 0) is 25.1 Å². The highest BCUT2D eigenvalue weighted by Crippen LogP contribution is 2.30. The lowest BCUT2D eigenvalue weighted by molar-refractivity contribution is -0.385. The van der Waals surface area contributed by atoms with Crippen LogP contribution in [-0.4, -0.2) is 16.0 Å². The van der Waals surface area contributed by atoms with Crippen LogP contribution in [0.5, 0.6) is 0 Å². The molecule has 0 fully saturated rings. The third kappa shape index (κ3) is 2.74. The van der Waals surface area contributed by atoms with Crippen molar-refractivity contribution in [3.63, 3.8) is 0 Å². The maximum atomic E-state index is 11.0. The number of nitro groups is 1. The van der Waals surface area contributed by atoms with Crippen LogP contribution < -0.4 is 5.32 Å². The van der Waals surface area contributed by atoms with Crippen LogP contribution in [0.15, 0.2) is 42.5 Å². The van der Waals surface area contributed by atoms with E-state index in [9.17, 15) is 14.9 Å². The molecule has 0 spiro atoms. The van der Waals surface area contributed by atoms with E-state index in [1.54, 1.807) is 19.1 Å². The van der Waals surface area contributed by atoms with Gasteiger partial charge < -0.3 is 10.4 Å². The molecule has 0 unspecified atom stereocenters. The van der Waals surface area contributed by atoms with Gasteiger partial charge in [-0.3, -0.25) is 10.1 Å². The van der Waals surface area contributed by atoms with Gasteiger partial charge in [0, 0.05) is 17.4 Å². The molecule has 0 atom stereocenters. The standard InChI is InChI=1S/C14H12N2O4/c1-9-12(15-11-5-3-2-4-6-11)7-10(14(17)18)8-13(9)16(19)20/h2-8,15H,1H3,(H,17,18). The van der Waals surface area contributed by atoms with Gasteiger partial charge in [0.25, 0.3) is 5.69 Å². The van der Waals surface area contributed by atoms with Gasteiger partial charge in [0.1, 0.15) is 0 Å². The van der Waals surface area contributed by atoms with E-state index < -0.39 is 10.9 Å². The molecule has 0 aliphatic heterocycles. The molecule has 0 aliphatic carbocycles. The van der Waals surface area contributed by atoms with Crippen LogP contribution >= 0.6 is 0 Å². The molecule has 2 rings (SSSR count). The number of hydrogen-bond acceptors (Lipinski definition) is 4. The van der Waals surface area contributed by atoms with Crippen LogP contribution in [-0.2, 0) is 0 Å².